The normalized spacial score (nSPS) is 14.7. The van der Waals surface area contributed by atoms with E-state index in [-0.39, 0.29) is 17.8 Å². The van der Waals surface area contributed by atoms with Crippen molar-refractivity contribution in [1.82, 2.24) is 14.9 Å². The molecule has 3 rings (SSSR count). The Morgan fingerprint density at radius 3 is 2.36 bits per heavy atom. The highest BCUT2D eigenvalue weighted by Gasteiger charge is 2.24. The monoisotopic (exact) mass is 343 g/mol. The summed E-state index contributed by atoms with van der Waals surface area (Å²) in [6.07, 6.45) is 3.09. The molecule has 1 aromatic carbocycles. The van der Waals surface area contributed by atoms with Gasteiger partial charge < -0.3 is 15.1 Å². The standard InChI is InChI=1S/C18H22FN5O/c1-13(2)22-18-20-11-14(12-21-18)17(25)24-9-7-23(8-10-24)16-6-4-3-5-15(16)19/h3-6,11-13H,7-10H2,1-2H3,(H,20,21,22). The maximum Gasteiger partial charge on any atom is 0.257 e. The van der Waals surface area contributed by atoms with Crippen LogP contribution in [0.5, 0.6) is 0 Å². The van der Waals surface area contributed by atoms with E-state index in [2.05, 4.69) is 15.3 Å². The van der Waals surface area contributed by atoms with Gasteiger partial charge in [-0.1, -0.05) is 12.1 Å². The first-order valence-corrected chi connectivity index (χ1v) is 8.42. The van der Waals surface area contributed by atoms with Gasteiger partial charge in [-0.2, -0.15) is 0 Å². The Balaban J connectivity index is 1.61. The van der Waals surface area contributed by atoms with E-state index in [9.17, 15) is 9.18 Å². The van der Waals surface area contributed by atoms with E-state index in [0.29, 0.717) is 43.4 Å². The Bertz CT molecular complexity index is 727. The van der Waals surface area contributed by atoms with Gasteiger partial charge in [0, 0.05) is 44.6 Å². The summed E-state index contributed by atoms with van der Waals surface area (Å²) in [4.78, 5) is 24.7. The van der Waals surface area contributed by atoms with Gasteiger partial charge in [0.1, 0.15) is 5.82 Å². The molecule has 2 heterocycles. The summed E-state index contributed by atoms with van der Waals surface area (Å²) in [7, 11) is 0. The number of carbonyl (C=O) groups is 1. The van der Waals surface area contributed by atoms with Crippen LogP contribution < -0.4 is 10.2 Å². The van der Waals surface area contributed by atoms with Crippen molar-refractivity contribution in [2.75, 3.05) is 36.4 Å². The predicted molar refractivity (Wildman–Crippen MR) is 95.3 cm³/mol. The zero-order valence-corrected chi connectivity index (χ0v) is 14.4. The Morgan fingerprint density at radius 2 is 1.76 bits per heavy atom. The maximum absolute atomic E-state index is 13.9. The van der Waals surface area contributed by atoms with Crippen LogP contribution in [0.4, 0.5) is 16.0 Å². The molecule has 1 aromatic heterocycles. The first-order chi connectivity index (χ1) is 12.0. The molecule has 1 saturated heterocycles. The number of piperazine rings is 1. The third-order valence-electron chi connectivity index (χ3n) is 4.08. The molecule has 0 aliphatic carbocycles. The van der Waals surface area contributed by atoms with Crippen LogP contribution in [-0.2, 0) is 0 Å². The molecular weight excluding hydrogens is 321 g/mol. The van der Waals surface area contributed by atoms with Crippen molar-refractivity contribution in [3.63, 3.8) is 0 Å². The molecule has 7 heteroatoms. The minimum Gasteiger partial charge on any atom is -0.366 e. The van der Waals surface area contributed by atoms with Crippen LogP contribution in [0.25, 0.3) is 0 Å². The molecule has 0 atom stereocenters. The highest BCUT2D eigenvalue weighted by Crippen LogP contribution is 2.20. The van der Waals surface area contributed by atoms with Crippen LogP contribution in [0.2, 0.25) is 0 Å². The maximum atomic E-state index is 13.9. The SMILES string of the molecule is CC(C)Nc1ncc(C(=O)N2CCN(c3ccccc3F)CC2)cn1. The molecular formula is C18H22FN5O. The van der Waals surface area contributed by atoms with Crippen LogP contribution in [0.1, 0.15) is 24.2 Å². The first-order valence-electron chi connectivity index (χ1n) is 8.42. The van der Waals surface area contributed by atoms with E-state index in [1.807, 2.05) is 24.8 Å². The van der Waals surface area contributed by atoms with Gasteiger partial charge >= 0.3 is 0 Å². The van der Waals surface area contributed by atoms with Crippen LogP contribution in [-0.4, -0.2) is 53.0 Å². The number of carbonyl (C=O) groups excluding carboxylic acids is 1. The topological polar surface area (TPSA) is 61.4 Å². The Hall–Kier alpha value is -2.70. The number of halogens is 1. The third-order valence-corrected chi connectivity index (χ3v) is 4.08. The van der Waals surface area contributed by atoms with Crippen molar-refractivity contribution in [2.24, 2.45) is 0 Å². The predicted octanol–water partition coefficient (Wildman–Crippen LogP) is 2.40. The molecule has 1 N–H and O–H groups in total. The molecule has 0 bridgehead atoms. The summed E-state index contributed by atoms with van der Waals surface area (Å²) >= 11 is 0. The molecule has 2 aromatic rings. The van der Waals surface area contributed by atoms with Crippen molar-refractivity contribution < 1.29 is 9.18 Å². The molecule has 1 aliphatic heterocycles. The zero-order valence-electron chi connectivity index (χ0n) is 14.4. The van der Waals surface area contributed by atoms with Gasteiger partial charge in [0.2, 0.25) is 5.95 Å². The van der Waals surface area contributed by atoms with Gasteiger partial charge in [0.15, 0.2) is 0 Å². The zero-order chi connectivity index (χ0) is 17.8. The van der Waals surface area contributed by atoms with Gasteiger partial charge in [0.25, 0.3) is 5.91 Å². The van der Waals surface area contributed by atoms with Gasteiger partial charge in [-0.25, -0.2) is 14.4 Å². The summed E-state index contributed by atoms with van der Waals surface area (Å²) in [6, 6.07) is 6.95. The van der Waals surface area contributed by atoms with E-state index in [1.165, 1.54) is 6.07 Å². The fourth-order valence-corrected chi connectivity index (χ4v) is 2.81. The lowest BCUT2D eigenvalue weighted by atomic mass is 10.2. The second-order valence-corrected chi connectivity index (χ2v) is 6.33. The van der Waals surface area contributed by atoms with Crippen LogP contribution in [0, 0.1) is 5.82 Å². The summed E-state index contributed by atoms with van der Waals surface area (Å²) in [5, 5.41) is 3.09. The molecule has 0 unspecified atom stereocenters. The highest BCUT2D eigenvalue weighted by molar-refractivity contribution is 5.93. The number of aromatic nitrogens is 2. The van der Waals surface area contributed by atoms with Gasteiger partial charge in [-0.15, -0.1) is 0 Å². The fourth-order valence-electron chi connectivity index (χ4n) is 2.81. The van der Waals surface area contributed by atoms with Crippen LogP contribution in [0.3, 0.4) is 0 Å². The lowest BCUT2D eigenvalue weighted by Crippen LogP contribution is -2.49. The Kier molecular flexibility index (Phi) is 5.11. The fraction of sp³-hybridized carbons (Fsp3) is 0.389. The molecule has 1 amide bonds. The average molecular weight is 343 g/mol. The van der Waals surface area contributed by atoms with E-state index in [0.717, 1.165) is 0 Å². The minimum absolute atomic E-state index is 0.0933. The van der Waals surface area contributed by atoms with Crippen molar-refractivity contribution >= 4 is 17.5 Å². The molecule has 6 nitrogen and oxygen atoms in total. The average Bonchev–Trinajstić information content (AvgIpc) is 2.62. The molecule has 0 spiro atoms. The molecule has 0 radical (unpaired) electrons. The number of hydrogen-bond acceptors (Lipinski definition) is 5. The number of para-hydroxylation sites is 1. The van der Waals surface area contributed by atoms with E-state index in [1.54, 1.807) is 29.4 Å². The number of nitrogens with one attached hydrogen (secondary N) is 1. The second kappa shape index (κ2) is 7.46. The van der Waals surface area contributed by atoms with Crippen LogP contribution >= 0.6 is 0 Å². The minimum atomic E-state index is -0.232. The molecule has 1 aliphatic rings. The van der Waals surface area contributed by atoms with Gasteiger partial charge in [-0.3, -0.25) is 4.79 Å². The molecule has 132 valence electrons. The van der Waals surface area contributed by atoms with Crippen molar-refractivity contribution in [2.45, 2.75) is 19.9 Å². The highest BCUT2D eigenvalue weighted by atomic mass is 19.1. The number of rotatable bonds is 4. The second-order valence-electron chi connectivity index (χ2n) is 6.33. The number of nitrogens with zero attached hydrogens (tertiary/aromatic N) is 4. The Labute approximate surface area is 146 Å². The van der Waals surface area contributed by atoms with Crippen molar-refractivity contribution in [3.8, 4) is 0 Å². The molecule has 0 saturated carbocycles. The third kappa shape index (κ3) is 4.04. The lowest BCUT2D eigenvalue weighted by molar-refractivity contribution is 0.0746. The van der Waals surface area contributed by atoms with E-state index < -0.39 is 0 Å². The quantitative estimate of drug-likeness (QED) is 0.924. The molecule has 1 fully saturated rings. The lowest BCUT2D eigenvalue weighted by Gasteiger charge is -2.36. The number of hydrogen-bond donors (Lipinski definition) is 1. The van der Waals surface area contributed by atoms with Crippen molar-refractivity contribution in [1.29, 1.82) is 0 Å². The largest absolute Gasteiger partial charge is 0.366 e. The van der Waals surface area contributed by atoms with Crippen molar-refractivity contribution in [3.05, 3.63) is 48.0 Å². The number of benzene rings is 1. The summed E-state index contributed by atoms with van der Waals surface area (Å²) < 4.78 is 13.9. The van der Waals surface area contributed by atoms with Gasteiger partial charge in [0.05, 0.1) is 11.3 Å². The van der Waals surface area contributed by atoms with Crippen LogP contribution in [0.15, 0.2) is 36.7 Å². The smallest absolute Gasteiger partial charge is 0.257 e. The Morgan fingerprint density at radius 1 is 1.12 bits per heavy atom. The van der Waals surface area contributed by atoms with E-state index >= 15 is 0 Å². The summed E-state index contributed by atoms with van der Waals surface area (Å²) in [6.45, 7) is 6.27. The number of anilines is 2. The first kappa shape index (κ1) is 17.1. The van der Waals surface area contributed by atoms with E-state index in [4.69, 9.17) is 0 Å². The number of amides is 1. The van der Waals surface area contributed by atoms with Gasteiger partial charge in [-0.05, 0) is 26.0 Å². The summed E-state index contributed by atoms with van der Waals surface area (Å²) in [5.41, 5.74) is 1.05. The molecule has 25 heavy (non-hydrogen) atoms. The summed E-state index contributed by atoms with van der Waals surface area (Å²) in [5.74, 6) is 0.184.